The Kier molecular flexibility index (Phi) is 5.41. The first-order valence-electron chi connectivity index (χ1n) is 8.15. The van der Waals surface area contributed by atoms with Crippen molar-refractivity contribution in [3.8, 4) is 0 Å². The third kappa shape index (κ3) is 4.18. The van der Waals surface area contributed by atoms with E-state index in [4.69, 9.17) is 0 Å². The third-order valence-electron chi connectivity index (χ3n) is 4.50. The molecule has 4 unspecified atom stereocenters. The maximum absolute atomic E-state index is 10.6. The molecule has 0 radical (unpaired) electrons. The van der Waals surface area contributed by atoms with Crippen molar-refractivity contribution in [2.75, 3.05) is 6.67 Å². The van der Waals surface area contributed by atoms with Crippen LogP contribution in [0.5, 0.6) is 0 Å². The number of hydrogen-bond acceptors (Lipinski definition) is 4. The highest BCUT2D eigenvalue weighted by Gasteiger charge is 2.34. The van der Waals surface area contributed by atoms with Crippen molar-refractivity contribution in [2.45, 2.75) is 37.1 Å². The molecule has 2 aromatic rings. The fraction of sp³-hybridized carbons (Fsp3) is 0.368. The Morgan fingerprint density at radius 2 is 1.09 bits per heavy atom. The molecule has 0 aliphatic carbocycles. The second kappa shape index (κ2) is 7.70. The van der Waals surface area contributed by atoms with E-state index in [1.807, 2.05) is 60.7 Å². The molecule has 1 saturated heterocycles. The zero-order valence-corrected chi connectivity index (χ0v) is 13.1. The predicted molar refractivity (Wildman–Crippen MR) is 91.0 cm³/mol. The van der Waals surface area contributed by atoms with Crippen molar-refractivity contribution in [3.05, 3.63) is 71.8 Å². The maximum Gasteiger partial charge on any atom is 0.0970 e. The standard InChI is InChI=1S/C19H24N2O2/c22-18-16(11-14-7-3-1-4-8-14)20-13-21-17(19(18)23)12-15-9-5-2-6-10-15/h1-10,16-23H,11-13H2. The van der Waals surface area contributed by atoms with Crippen LogP contribution in [0.4, 0.5) is 0 Å². The number of aliphatic hydroxyl groups excluding tert-OH is 2. The van der Waals surface area contributed by atoms with E-state index in [0.717, 1.165) is 11.1 Å². The molecule has 0 saturated carbocycles. The van der Waals surface area contributed by atoms with Crippen LogP contribution < -0.4 is 10.6 Å². The zero-order chi connectivity index (χ0) is 16.1. The fourth-order valence-corrected chi connectivity index (χ4v) is 3.16. The van der Waals surface area contributed by atoms with Gasteiger partial charge in [-0.3, -0.25) is 10.6 Å². The van der Waals surface area contributed by atoms with E-state index in [0.29, 0.717) is 19.5 Å². The lowest BCUT2D eigenvalue weighted by Gasteiger charge is -2.28. The molecule has 0 amide bonds. The van der Waals surface area contributed by atoms with E-state index < -0.39 is 12.2 Å². The monoisotopic (exact) mass is 312 g/mol. The van der Waals surface area contributed by atoms with Crippen molar-refractivity contribution in [2.24, 2.45) is 0 Å². The average Bonchev–Trinajstić information content (AvgIpc) is 2.71. The number of nitrogens with one attached hydrogen (secondary N) is 2. The maximum atomic E-state index is 10.6. The van der Waals surface area contributed by atoms with Crippen LogP contribution in [0.3, 0.4) is 0 Å². The summed E-state index contributed by atoms with van der Waals surface area (Å²) in [5, 5.41) is 27.8. The highest BCUT2D eigenvalue weighted by atomic mass is 16.3. The van der Waals surface area contributed by atoms with Crippen LogP contribution in [0, 0.1) is 0 Å². The molecule has 0 aromatic heterocycles. The summed E-state index contributed by atoms with van der Waals surface area (Å²) in [5.41, 5.74) is 2.30. The van der Waals surface area contributed by atoms with Gasteiger partial charge in [-0.1, -0.05) is 60.7 Å². The minimum absolute atomic E-state index is 0.166. The molecular formula is C19H24N2O2. The van der Waals surface area contributed by atoms with Gasteiger partial charge in [0.2, 0.25) is 0 Å². The van der Waals surface area contributed by atoms with E-state index in [2.05, 4.69) is 10.6 Å². The van der Waals surface area contributed by atoms with Gasteiger partial charge in [0.05, 0.1) is 12.2 Å². The van der Waals surface area contributed by atoms with Gasteiger partial charge in [0.25, 0.3) is 0 Å². The van der Waals surface area contributed by atoms with Crippen LogP contribution in [-0.2, 0) is 12.8 Å². The van der Waals surface area contributed by atoms with Gasteiger partial charge >= 0.3 is 0 Å². The topological polar surface area (TPSA) is 64.5 Å². The van der Waals surface area contributed by atoms with E-state index in [1.54, 1.807) is 0 Å². The van der Waals surface area contributed by atoms with E-state index >= 15 is 0 Å². The molecule has 2 aromatic carbocycles. The minimum atomic E-state index is -0.807. The summed E-state index contributed by atoms with van der Waals surface area (Å²) < 4.78 is 0. The summed E-state index contributed by atoms with van der Waals surface area (Å²) in [6.45, 7) is 0.573. The van der Waals surface area contributed by atoms with E-state index in [9.17, 15) is 10.2 Å². The van der Waals surface area contributed by atoms with E-state index in [-0.39, 0.29) is 12.1 Å². The molecule has 1 aliphatic heterocycles. The molecule has 1 fully saturated rings. The molecule has 4 atom stereocenters. The predicted octanol–water partition coefficient (Wildman–Crippen LogP) is 1.08. The van der Waals surface area contributed by atoms with Crippen LogP contribution in [0.25, 0.3) is 0 Å². The van der Waals surface area contributed by atoms with Gasteiger partial charge in [-0.05, 0) is 24.0 Å². The van der Waals surface area contributed by atoms with Crippen LogP contribution in [0.1, 0.15) is 11.1 Å². The Labute approximate surface area is 137 Å². The Bertz CT molecular complexity index is 537. The lowest BCUT2D eigenvalue weighted by Crippen LogP contribution is -2.49. The average molecular weight is 312 g/mol. The summed E-state index contributed by atoms with van der Waals surface area (Å²) in [4.78, 5) is 0. The summed E-state index contributed by atoms with van der Waals surface area (Å²) >= 11 is 0. The van der Waals surface area contributed by atoms with Crippen LogP contribution in [-0.4, -0.2) is 41.2 Å². The molecule has 122 valence electrons. The molecule has 4 nitrogen and oxygen atoms in total. The number of hydrogen-bond donors (Lipinski definition) is 4. The molecule has 1 heterocycles. The lowest BCUT2D eigenvalue weighted by atomic mass is 9.92. The summed E-state index contributed by atoms with van der Waals surface area (Å²) in [5.74, 6) is 0. The molecule has 4 heteroatoms. The highest BCUT2D eigenvalue weighted by Crippen LogP contribution is 2.16. The van der Waals surface area contributed by atoms with Gasteiger partial charge < -0.3 is 10.2 Å². The summed E-state index contributed by atoms with van der Waals surface area (Å²) in [7, 11) is 0. The second-order valence-electron chi connectivity index (χ2n) is 6.16. The number of benzene rings is 2. The number of rotatable bonds is 4. The van der Waals surface area contributed by atoms with Crippen molar-refractivity contribution < 1.29 is 10.2 Å². The molecule has 23 heavy (non-hydrogen) atoms. The van der Waals surface area contributed by atoms with Gasteiger partial charge in [-0.2, -0.15) is 0 Å². The van der Waals surface area contributed by atoms with Crippen LogP contribution >= 0.6 is 0 Å². The first kappa shape index (κ1) is 16.1. The number of aliphatic hydroxyl groups is 2. The highest BCUT2D eigenvalue weighted by molar-refractivity contribution is 5.18. The summed E-state index contributed by atoms with van der Waals surface area (Å²) in [6, 6.07) is 19.8. The minimum Gasteiger partial charge on any atom is -0.389 e. The Morgan fingerprint density at radius 3 is 1.48 bits per heavy atom. The first-order chi connectivity index (χ1) is 11.2. The van der Waals surface area contributed by atoms with Gasteiger partial charge in [0.1, 0.15) is 0 Å². The third-order valence-corrected chi connectivity index (χ3v) is 4.50. The molecule has 0 bridgehead atoms. The van der Waals surface area contributed by atoms with Crippen molar-refractivity contribution >= 4 is 0 Å². The molecule has 4 N–H and O–H groups in total. The summed E-state index contributed by atoms with van der Waals surface area (Å²) in [6.07, 6.45) is -0.227. The van der Waals surface area contributed by atoms with Gasteiger partial charge in [-0.25, -0.2) is 0 Å². The van der Waals surface area contributed by atoms with Crippen molar-refractivity contribution in [1.29, 1.82) is 0 Å². The Hall–Kier alpha value is -1.72. The van der Waals surface area contributed by atoms with Crippen LogP contribution in [0.2, 0.25) is 0 Å². The van der Waals surface area contributed by atoms with Gasteiger partial charge in [0, 0.05) is 18.8 Å². The normalized spacial score (nSPS) is 28.3. The zero-order valence-electron chi connectivity index (χ0n) is 13.1. The molecule has 1 aliphatic rings. The Morgan fingerprint density at radius 1 is 0.696 bits per heavy atom. The van der Waals surface area contributed by atoms with E-state index in [1.165, 1.54) is 0 Å². The molecule has 0 spiro atoms. The SMILES string of the molecule is OC1C(Cc2ccccc2)NCNC(Cc2ccccc2)C1O. The lowest BCUT2D eigenvalue weighted by molar-refractivity contribution is -0.0116. The first-order valence-corrected chi connectivity index (χ1v) is 8.15. The van der Waals surface area contributed by atoms with Crippen molar-refractivity contribution in [3.63, 3.8) is 0 Å². The van der Waals surface area contributed by atoms with Gasteiger partial charge in [-0.15, -0.1) is 0 Å². The van der Waals surface area contributed by atoms with Crippen molar-refractivity contribution in [1.82, 2.24) is 10.6 Å². The van der Waals surface area contributed by atoms with Crippen LogP contribution in [0.15, 0.2) is 60.7 Å². The van der Waals surface area contributed by atoms with Gasteiger partial charge in [0.15, 0.2) is 0 Å². The molecule has 3 rings (SSSR count). The second-order valence-corrected chi connectivity index (χ2v) is 6.16. The quantitative estimate of drug-likeness (QED) is 0.682. The molecular weight excluding hydrogens is 288 g/mol. The largest absolute Gasteiger partial charge is 0.389 e. The smallest absolute Gasteiger partial charge is 0.0970 e. The Balaban J connectivity index is 1.66. The fourth-order valence-electron chi connectivity index (χ4n) is 3.16.